The molecule has 0 heterocycles. The van der Waals surface area contributed by atoms with Gasteiger partial charge in [0.05, 0.1) is 6.10 Å². The lowest BCUT2D eigenvalue weighted by Gasteiger charge is -2.60. The molecule has 0 spiro atoms. The first-order chi connectivity index (χ1) is 13.1. The van der Waals surface area contributed by atoms with Crippen molar-refractivity contribution in [2.75, 3.05) is 0 Å². The van der Waals surface area contributed by atoms with Crippen molar-refractivity contribution in [1.82, 2.24) is 0 Å². The molecule has 7 heteroatoms. The first kappa shape index (κ1) is 19.8. The largest absolute Gasteiger partial charge is 0.391 e. The lowest BCUT2D eigenvalue weighted by molar-refractivity contribution is -0.772. The van der Waals surface area contributed by atoms with Gasteiger partial charge in [0.15, 0.2) is 0 Å². The number of hydrogen-bond acceptors (Lipinski definition) is 6. The van der Waals surface area contributed by atoms with Crippen LogP contribution in [-0.2, 0) is 14.4 Å². The van der Waals surface area contributed by atoms with Gasteiger partial charge < -0.3 is 9.94 Å². The fourth-order valence-electron chi connectivity index (χ4n) is 7.96. The van der Waals surface area contributed by atoms with E-state index < -0.39 is 22.7 Å². The number of aliphatic hydroxyl groups excluding tert-OH is 1. The van der Waals surface area contributed by atoms with Crippen LogP contribution in [0, 0.1) is 50.5 Å². The Balaban J connectivity index is 1.66. The predicted octanol–water partition coefficient (Wildman–Crippen LogP) is 2.96. The molecule has 0 bridgehead atoms. The molecule has 0 aromatic carbocycles. The molecule has 156 valence electrons. The summed E-state index contributed by atoms with van der Waals surface area (Å²) in [5, 5.41) is 20.4. The minimum atomic E-state index is -0.871. The number of Topliss-reactive ketones (excluding diaryl/α,β-unsaturated/α-hetero) is 2. The zero-order valence-corrected chi connectivity index (χ0v) is 16.9. The highest BCUT2D eigenvalue weighted by Gasteiger charge is 2.64. The maximum Gasteiger partial charge on any atom is 0.294 e. The lowest BCUT2D eigenvalue weighted by atomic mass is 9.44. The quantitative estimate of drug-likeness (QED) is 0.583. The van der Waals surface area contributed by atoms with Gasteiger partial charge in [-0.3, -0.25) is 9.59 Å². The molecular weight excluding hydrogens is 362 g/mol. The van der Waals surface area contributed by atoms with E-state index in [1.165, 1.54) is 0 Å². The van der Waals surface area contributed by atoms with Crippen LogP contribution >= 0.6 is 0 Å². The van der Waals surface area contributed by atoms with Gasteiger partial charge in [-0.2, -0.15) is 0 Å². The van der Waals surface area contributed by atoms with Crippen LogP contribution in [0.5, 0.6) is 0 Å². The SMILES string of the molecule is CC(=O)[C@H]1CC[C@H]2[C@@H]3CC[C@H]4C[C@H](O)[C@@H](O[N+](=O)[O-])C[C@]4(C)[C@H]3C(=O)C[C@]12C. The summed E-state index contributed by atoms with van der Waals surface area (Å²) in [5.41, 5.74) is -0.645. The van der Waals surface area contributed by atoms with E-state index in [1.54, 1.807) is 6.92 Å². The van der Waals surface area contributed by atoms with Crippen LogP contribution in [0.1, 0.15) is 65.7 Å². The van der Waals surface area contributed by atoms with E-state index in [1.807, 2.05) is 0 Å². The first-order valence-corrected chi connectivity index (χ1v) is 10.6. The van der Waals surface area contributed by atoms with Gasteiger partial charge in [-0.05, 0) is 74.0 Å². The van der Waals surface area contributed by atoms with Crippen LogP contribution in [0.4, 0.5) is 0 Å². The number of ketones is 2. The average Bonchev–Trinajstić information content (AvgIpc) is 2.92. The average molecular weight is 393 g/mol. The van der Waals surface area contributed by atoms with Crippen molar-refractivity contribution in [1.29, 1.82) is 0 Å². The zero-order chi connectivity index (χ0) is 20.4. The molecule has 4 aliphatic carbocycles. The van der Waals surface area contributed by atoms with Gasteiger partial charge >= 0.3 is 0 Å². The Morgan fingerprint density at radius 1 is 1.21 bits per heavy atom. The summed E-state index contributed by atoms with van der Waals surface area (Å²) in [6.07, 6.45) is 3.18. The van der Waals surface area contributed by atoms with Crippen LogP contribution in [0.25, 0.3) is 0 Å². The second kappa shape index (κ2) is 6.51. The Labute approximate surface area is 165 Å². The Hall–Kier alpha value is -1.50. The molecule has 4 aliphatic rings. The summed E-state index contributed by atoms with van der Waals surface area (Å²) in [6.45, 7) is 5.85. The monoisotopic (exact) mass is 393 g/mol. The fourth-order valence-corrected chi connectivity index (χ4v) is 7.96. The van der Waals surface area contributed by atoms with Gasteiger partial charge in [0, 0.05) is 18.3 Å². The van der Waals surface area contributed by atoms with E-state index in [2.05, 4.69) is 13.8 Å². The minimum Gasteiger partial charge on any atom is -0.391 e. The number of fused-ring (bicyclic) bond motifs is 5. The van der Waals surface area contributed by atoms with Crippen LogP contribution in [0.2, 0.25) is 0 Å². The van der Waals surface area contributed by atoms with E-state index in [-0.39, 0.29) is 40.7 Å². The molecule has 4 saturated carbocycles. The van der Waals surface area contributed by atoms with Crippen LogP contribution in [0.15, 0.2) is 0 Å². The van der Waals surface area contributed by atoms with E-state index in [4.69, 9.17) is 4.84 Å². The fraction of sp³-hybridized carbons (Fsp3) is 0.905. The third-order valence-electron chi connectivity index (χ3n) is 9.06. The van der Waals surface area contributed by atoms with Crippen molar-refractivity contribution >= 4 is 11.6 Å². The number of hydrogen-bond donors (Lipinski definition) is 1. The molecule has 0 amide bonds. The smallest absolute Gasteiger partial charge is 0.294 e. The second-order valence-electron chi connectivity index (χ2n) is 10.3. The summed E-state index contributed by atoms with van der Waals surface area (Å²) in [6, 6.07) is 0. The number of rotatable bonds is 3. The third kappa shape index (κ3) is 2.72. The van der Waals surface area contributed by atoms with Crippen molar-refractivity contribution < 1.29 is 24.6 Å². The van der Waals surface area contributed by atoms with E-state index in [9.17, 15) is 24.8 Å². The molecule has 0 unspecified atom stereocenters. The van der Waals surface area contributed by atoms with Crippen molar-refractivity contribution in [3.63, 3.8) is 0 Å². The molecule has 28 heavy (non-hydrogen) atoms. The Bertz CT molecular complexity index is 709. The molecule has 0 radical (unpaired) electrons. The van der Waals surface area contributed by atoms with Gasteiger partial charge in [0.25, 0.3) is 5.09 Å². The van der Waals surface area contributed by atoms with Gasteiger partial charge in [-0.25, -0.2) is 0 Å². The Morgan fingerprint density at radius 3 is 2.57 bits per heavy atom. The number of carbonyl (C=O) groups excluding carboxylic acids is 2. The number of carbonyl (C=O) groups is 2. The maximum absolute atomic E-state index is 13.5. The highest BCUT2D eigenvalue weighted by atomic mass is 17.0. The Kier molecular flexibility index (Phi) is 4.60. The Morgan fingerprint density at radius 2 is 1.93 bits per heavy atom. The standard InChI is InChI=1S/C21H31NO6/c1-11(23)14-6-7-15-13-5-4-12-8-16(24)18(28-22(26)27)10-20(12,2)19(13)17(25)9-21(14,15)3/h12-16,18-19,24H,4-10H2,1-3H3/t12-,13-,14+,15-,16-,18-,19+,20-,21+/m0/s1. The summed E-state index contributed by atoms with van der Waals surface area (Å²) in [4.78, 5) is 41.4. The van der Waals surface area contributed by atoms with Gasteiger partial charge in [-0.15, -0.1) is 10.1 Å². The molecule has 4 fully saturated rings. The summed E-state index contributed by atoms with van der Waals surface area (Å²) in [7, 11) is 0. The van der Waals surface area contributed by atoms with Crippen molar-refractivity contribution in [2.45, 2.75) is 77.9 Å². The summed E-state index contributed by atoms with van der Waals surface area (Å²) >= 11 is 0. The number of aliphatic hydroxyl groups is 1. The number of nitrogens with zero attached hydrogens (tertiary/aromatic N) is 1. The van der Waals surface area contributed by atoms with E-state index in [0.29, 0.717) is 25.2 Å². The predicted molar refractivity (Wildman–Crippen MR) is 99.5 cm³/mol. The second-order valence-corrected chi connectivity index (χ2v) is 10.3. The maximum atomic E-state index is 13.5. The van der Waals surface area contributed by atoms with Crippen LogP contribution in [-0.4, -0.2) is 34.0 Å². The molecule has 4 rings (SSSR count). The minimum absolute atomic E-state index is 0.0355. The molecular formula is C21H31NO6. The van der Waals surface area contributed by atoms with Crippen LogP contribution < -0.4 is 0 Å². The zero-order valence-electron chi connectivity index (χ0n) is 16.9. The highest BCUT2D eigenvalue weighted by Crippen LogP contribution is 2.66. The molecule has 9 atom stereocenters. The van der Waals surface area contributed by atoms with Gasteiger partial charge in [-0.1, -0.05) is 13.8 Å². The van der Waals surface area contributed by atoms with Crippen molar-refractivity contribution in [3.05, 3.63) is 10.1 Å². The van der Waals surface area contributed by atoms with Crippen LogP contribution in [0.3, 0.4) is 0 Å². The van der Waals surface area contributed by atoms with Crippen molar-refractivity contribution in [3.8, 4) is 0 Å². The summed E-state index contributed by atoms with van der Waals surface area (Å²) in [5.74, 6) is 0.962. The molecule has 1 N–H and O–H groups in total. The normalized spacial score (nSPS) is 50.3. The van der Waals surface area contributed by atoms with Crippen molar-refractivity contribution in [2.24, 2.45) is 40.4 Å². The van der Waals surface area contributed by atoms with Gasteiger partial charge in [0.1, 0.15) is 17.7 Å². The van der Waals surface area contributed by atoms with E-state index in [0.717, 1.165) is 25.7 Å². The molecule has 0 aromatic rings. The van der Waals surface area contributed by atoms with Gasteiger partial charge in [0.2, 0.25) is 0 Å². The molecule has 7 nitrogen and oxygen atoms in total. The topological polar surface area (TPSA) is 107 Å². The summed E-state index contributed by atoms with van der Waals surface area (Å²) < 4.78 is 0. The van der Waals surface area contributed by atoms with E-state index >= 15 is 0 Å². The third-order valence-corrected chi connectivity index (χ3v) is 9.06. The molecule has 0 aromatic heterocycles. The first-order valence-electron chi connectivity index (χ1n) is 10.6. The molecule has 0 aliphatic heterocycles. The highest BCUT2D eigenvalue weighted by molar-refractivity contribution is 5.87. The molecule has 0 saturated heterocycles. The lowest BCUT2D eigenvalue weighted by Crippen LogP contribution is -2.60.